The third-order valence-corrected chi connectivity index (χ3v) is 6.37. The van der Waals surface area contributed by atoms with Crippen LogP contribution in [-0.2, 0) is 28.1 Å². The van der Waals surface area contributed by atoms with E-state index in [1.54, 1.807) is 24.1 Å². The quantitative estimate of drug-likeness (QED) is 0.753. The second-order valence-corrected chi connectivity index (χ2v) is 8.10. The van der Waals surface area contributed by atoms with E-state index in [0.717, 1.165) is 22.4 Å². The summed E-state index contributed by atoms with van der Waals surface area (Å²) in [6.07, 6.45) is 1.15. The Morgan fingerprint density at radius 2 is 1.90 bits per heavy atom. The molecule has 2 aliphatic rings. The van der Waals surface area contributed by atoms with E-state index in [2.05, 4.69) is 11.4 Å². The second kappa shape index (κ2) is 8.06. The molecule has 0 aromatic heterocycles. The van der Waals surface area contributed by atoms with Gasteiger partial charge in [0.2, 0.25) is 5.91 Å². The van der Waals surface area contributed by atoms with Crippen LogP contribution in [0.1, 0.15) is 35.6 Å². The van der Waals surface area contributed by atoms with Crippen molar-refractivity contribution >= 4 is 17.8 Å². The molecule has 1 unspecified atom stereocenters. The van der Waals surface area contributed by atoms with Crippen LogP contribution in [0.2, 0.25) is 0 Å². The van der Waals surface area contributed by atoms with Crippen molar-refractivity contribution < 1.29 is 19.1 Å². The Morgan fingerprint density at radius 3 is 2.58 bits per heavy atom. The monoisotopic (exact) mass is 421 g/mol. The van der Waals surface area contributed by atoms with Crippen LogP contribution < -0.4 is 10.1 Å². The molecule has 7 heteroatoms. The summed E-state index contributed by atoms with van der Waals surface area (Å²) in [4.78, 5) is 41.9. The van der Waals surface area contributed by atoms with Crippen LogP contribution in [0, 0.1) is 6.92 Å². The van der Waals surface area contributed by atoms with E-state index in [-0.39, 0.29) is 12.5 Å². The highest BCUT2D eigenvalue weighted by atomic mass is 16.5. The Bertz CT molecular complexity index is 1050. The van der Waals surface area contributed by atoms with Crippen LogP contribution in [0.5, 0.6) is 5.75 Å². The van der Waals surface area contributed by atoms with E-state index < -0.39 is 17.5 Å². The smallest absolute Gasteiger partial charge is 0.325 e. The predicted molar refractivity (Wildman–Crippen MR) is 116 cm³/mol. The van der Waals surface area contributed by atoms with Gasteiger partial charge in [0.15, 0.2) is 0 Å². The summed E-state index contributed by atoms with van der Waals surface area (Å²) in [5.41, 5.74) is 2.73. The normalized spacial score (nSPS) is 20.5. The van der Waals surface area contributed by atoms with E-state index >= 15 is 0 Å². The number of aryl methyl sites for hydroxylation is 1. The summed E-state index contributed by atoms with van der Waals surface area (Å²) in [7, 11) is 1.59. The van der Waals surface area contributed by atoms with Crippen molar-refractivity contribution in [3.8, 4) is 5.75 Å². The lowest BCUT2D eigenvalue weighted by Gasteiger charge is -2.30. The number of rotatable bonds is 5. The minimum atomic E-state index is -1.18. The topological polar surface area (TPSA) is 79.0 Å². The molecule has 1 fully saturated rings. The summed E-state index contributed by atoms with van der Waals surface area (Å²) in [5.74, 6) is 0.0929. The fraction of sp³-hybridized carbons (Fsp3) is 0.375. The Kier molecular flexibility index (Phi) is 5.43. The maximum absolute atomic E-state index is 13.4. The molecule has 0 saturated carbocycles. The molecule has 2 heterocycles. The standard InChI is InChI=1S/C24H27N3O4/c1-4-24(19-9-10-20(31-3)16(2)13-19)22(29)27(23(30)25-24)15-21(28)26-12-11-17-7-5-6-8-18(17)14-26/h5-10,13H,4,11-12,14-15H2,1-3H3,(H,25,30). The van der Waals surface area contributed by atoms with Crippen molar-refractivity contribution in [1.82, 2.24) is 15.1 Å². The van der Waals surface area contributed by atoms with Gasteiger partial charge in [-0.15, -0.1) is 0 Å². The summed E-state index contributed by atoms with van der Waals surface area (Å²) in [6.45, 7) is 4.56. The minimum absolute atomic E-state index is 0.226. The fourth-order valence-electron chi connectivity index (χ4n) is 4.50. The van der Waals surface area contributed by atoms with Crippen molar-refractivity contribution in [1.29, 1.82) is 0 Å². The van der Waals surface area contributed by atoms with Crippen molar-refractivity contribution in [2.24, 2.45) is 0 Å². The van der Waals surface area contributed by atoms with Crippen LogP contribution in [0.25, 0.3) is 0 Å². The van der Waals surface area contributed by atoms with E-state index in [4.69, 9.17) is 4.74 Å². The summed E-state index contributed by atoms with van der Waals surface area (Å²) >= 11 is 0. The summed E-state index contributed by atoms with van der Waals surface area (Å²) in [5, 5.41) is 2.85. The predicted octanol–water partition coefficient (Wildman–Crippen LogP) is 2.75. The van der Waals surface area contributed by atoms with Gasteiger partial charge in [-0.05, 0) is 54.2 Å². The molecule has 31 heavy (non-hydrogen) atoms. The molecule has 1 saturated heterocycles. The molecule has 2 aliphatic heterocycles. The number of benzene rings is 2. The van der Waals surface area contributed by atoms with E-state index in [1.807, 2.05) is 38.1 Å². The highest BCUT2D eigenvalue weighted by Crippen LogP contribution is 2.34. The van der Waals surface area contributed by atoms with Crippen LogP contribution in [-0.4, -0.2) is 47.8 Å². The maximum atomic E-state index is 13.4. The second-order valence-electron chi connectivity index (χ2n) is 8.10. The first-order valence-corrected chi connectivity index (χ1v) is 10.5. The summed E-state index contributed by atoms with van der Waals surface area (Å²) in [6, 6.07) is 12.9. The number of nitrogens with one attached hydrogen (secondary N) is 1. The van der Waals surface area contributed by atoms with E-state index in [9.17, 15) is 14.4 Å². The molecule has 0 spiro atoms. The van der Waals surface area contributed by atoms with Crippen LogP contribution >= 0.6 is 0 Å². The number of nitrogens with zero attached hydrogens (tertiary/aromatic N) is 2. The van der Waals surface area contributed by atoms with Crippen LogP contribution in [0.4, 0.5) is 4.79 Å². The Balaban J connectivity index is 1.54. The zero-order valence-corrected chi connectivity index (χ0v) is 18.1. The summed E-state index contributed by atoms with van der Waals surface area (Å²) < 4.78 is 5.31. The third-order valence-electron chi connectivity index (χ3n) is 6.37. The lowest BCUT2D eigenvalue weighted by atomic mass is 9.86. The molecule has 7 nitrogen and oxygen atoms in total. The van der Waals surface area contributed by atoms with Crippen molar-refractivity contribution in [2.75, 3.05) is 20.2 Å². The van der Waals surface area contributed by atoms with Gasteiger partial charge in [-0.1, -0.05) is 37.3 Å². The number of imide groups is 1. The number of ether oxygens (including phenoxy) is 1. The molecule has 0 bridgehead atoms. The first-order chi connectivity index (χ1) is 14.9. The first kappa shape index (κ1) is 20.9. The van der Waals surface area contributed by atoms with Crippen molar-refractivity contribution in [3.05, 3.63) is 64.7 Å². The largest absolute Gasteiger partial charge is 0.496 e. The van der Waals surface area contributed by atoms with Gasteiger partial charge in [0, 0.05) is 13.1 Å². The average Bonchev–Trinajstić information content (AvgIpc) is 3.03. The average molecular weight is 421 g/mol. The third kappa shape index (κ3) is 3.54. The van der Waals surface area contributed by atoms with Gasteiger partial charge in [-0.25, -0.2) is 4.79 Å². The van der Waals surface area contributed by atoms with Gasteiger partial charge in [0.25, 0.3) is 5.91 Å². The van der Waals surface area contributed by atoms with E-state index in [1.165, 1.54) is 5.56 Å². The Hall–Kier alpha value is -3.35. The molecule has 1 N–H and O–H groups in total. The number of hydrogen-bond acceptors (Lipinski definition) is 4. The number of urea groups is 1. The zero-order chi connectivity index (χ0) is 22.2. The molecule has 1 atom stereocenters. The van der Waals surface area contributed by atoms with Crippen LogP contribution in [0.3, 0.4) is 0 Å². The first-order valence-electron chi connectivity index (χ1n) is 10.5. The lowest BCUT2D eigenvalue weighted by molar-refractivity contribution is -0.139. The molecule has 162 valence electrons. The molecule has 4 rings (SSSR count). The fourth-order valence-corrected chi connectivity index (χ4v) is 4.50. The van der Waals surface area contributed by atoms with Crippen molar-refractivity contribution in [2.45, 2.75) is 38.8 Å². The highest BCUT2D eigenvalue weighted by molar-refractivity contribution is 6.09. The molecular weight excluding hydrogens is 394 g/mol. The lowest BCUT2D eigenvalue weighted by Crippen LogP contribution is -2.46. The Morgan fingerprint density at radius 1 is 1.16 bits per heavy atom. The number of amides is 4. The SMILES string of the molecule is CCC1(c2ccc(OC)c(C)c2)NC(=O)N(CC(=O)N2CCc3ccccc3C2)C1=O. The number of hydrogen-bond donors (Lipinski definition) is 1. The molecule has 0 aliphatic carbocycles. The molecule has 0 radical (unpaired) electrons. The van der Waals surface area contributed by atoms with Gasteiger partial charge in [0.1, 0.15) is 17.8 Å². The van der Waals surface area contributed by atoms with Gasteiger partial charge in [-0.2, -0.15) is 0 Å². The highest BCUT2D eigenvalue weighted by Gasteiger charge is 2.52. The maximum Gasteiger partial charge on any atom is 0.325 e. The zero-order valence-electron chi connectivity index (χ0n) is 18.1. The van der Waals surface area contributed by atoms with Crippen molar-refractivity contribution in [3.63, 3.8) is 0 Å². The van der Waals surface area contributed by atoms with Gasteiger partial charge in [0.05, 0.1) is 7.11 Å². The van der Waals surface area contributed by atoms with Crippen LogP contribution in [0.15, 0.2) is 42.5 Å². The van der Waals surface area contributed by atoms with Gasteiger partial charge >= 0.3 is 6.03 Å². The molecule has 4 amide bonds. The van der Waals surface area contributed by atoms with Gasteiger partial charge < -0.3 is 15.0 Å². The number of methoxy groups -OCH3 is 1. The van der Waals surface area contributed by atoms with Gasteiger partial charge in [-0.3, -0.25) is 14.5 Å². The number of carbonyl (C=O) groups is 3. The van der Waals surface area contributed by atoms with E-state index in [0.29, 0.717) is 30.8 Å². The molecule has 2 aromatic carbocycles. The molecular formula is C24H27N3O4. The Labute approximate surface area is 182 Å². The number of fused-ring (bicyclic) bond motifs is 1. The number of carbonyl (C=O) groups excluding carboxylic acids is 3. The molecule has 2 aromatic rings. The minimum Gasteiger partial charge on any atom is -0.496 e.